The molecule has 30 heavy (non-hydrogen) atoms. The molecule has 2 heteroatoms. The summed E-state index contributed by atoms with van der Waals surface area (Å²) in [6.07, 6.45) is 26.1. The number of benzene rings is 1. The summed E-state index contributed by atoms with van der Waals surface area (Å²) in [6, 6.07) is 10.9. The largest absolute Gasteiger partial charge is 0.356 e. The average molecular weight is 413 g/mol. The normalized spacial score (nSPS) is 16.0. The van der Waals surface area contributed by atoms with Crippen LogP contribution >= 0.6 is 0 Å². The van der Waals surface area contributed by atoms with Crippen molar-refractivity contribution in [2.75, 3.05) is 6.54 Å². The van der Waals surface area contributed by atoms with Crippen molar-refractivity contribution in [1.82, 2.24) is 9.80 Å². The number of unbranched alkanes of at least 4 members (excludes halogenated alkanes) is 12. The molecule has 0 radical (unpaired) electrons. The van der Waals surface area contributed by atoms with Crippen LogP contribution in [-0.4, -0.2) is 22.5 Å². The van der Waals surface area contributed by atoms with E-state index in [1.54, 1.807) is 0 Å². The van der Waals surface area contributed by atoms with Gasteiger partial charge in [0.1, 0.15) is 6.17 Å². The van der Waals surface area contributed by atoms with Crippen molar-refractivity contribution in [3.8, 4) is 0 Å². The fourth-order valence-corrected chi connectivity index (χ4v) is 4.60. The van der Waals surface area contributed by atoms with Crippen LogP contribution in [0, 0.1) is 0 Å². The van der Waals surface area contributed by atoms with Gasteiger partial charge in [-0.15, -0.1) is 0 Å². The third-order valence-electron chi connectivity index (χ3n) is 6.51. The molecule has 0 aromatic heterocycles. The van der Waals surface area contributed by atoms with Crippen LogP contribution in [0.15, 0.2) is 42.7 Å². The van der Waals surface area contributed by atoms with Crippen molar-refractivity contribution >= 4 is 0 Å². The third kappa shape index (κ3) is 10.0. The predicted molar refractivity (Wildman–Crippen MR) is 132 cm³/mol. The van der Waals surface area contributed by atoms with Gasteiger partial charge in [0.05, 0.1) is 0 Å². The first kappa shape index (κ1) is 24.8. The Morgan fingerprint density at radius 3 is 1.77 bits per heavy atom. The molecule has 1 aromatic carbocycles. The molecular weight excluding hydrogens is 364 g/mol. The lowest BCUT2D eigenvalue weighted by Gasteiger charge is -2.33. The van der Waals surface area contributed by atoms with Gasteiger partial charge < -0.3 is 9.80 Å². The van der Waals surface area contributed by atoms with E-state index < -0.39 is 0 Å². The lowest BCUT2D eigenvalue weighted by Crippen LogP contribution is -2.38. The molecule has 0 aliphatic carbocycles. The van der Waals surface area contributed by atoms with Crippen LogP contribution in [-0.2, 0) is 6.54 Å². The number of nitrogens with zero attached hydrogens (tertiary/aromatic N) is 2. The molecule has 1 aromatic rings. The van der Waals surface area contributed by atoms with Crippen LogP contribution in [0.25, 0.3) is 0 Å². The van der Waals surface area contributed by atoms with Gasteiger partial charge in [-0.1, -0.05) is 121 Å². The highest BCUT2D eigenvalue weighted by atomic mass is 15.4. The van der Waals surface area contributed by atoms with Crippen molar-refractivity contribution in [1.29, 1.82) is 0 Å². The molecule has 0 fully saturated rings. The fourth-order valence-electron chi connectivity index (χ4n) is 4.60. The van der Waals surface area contributed by atoms with E-state index >= 15 is 0 Å². The molecule has 2 nitrogen and oxygen atoms in total. The van der Waals surface area contributed by atoms with Crippen LogP contribution in [0.2, 0.25) is 0 Å². The minimum absolute atomic E-state index is 0.555. The Morgan fingerprint density at radius 1 is 0.600 bits per heavy atom. The lowest BCUT2D eigenvalue weighted by atomic mass is 10.1. The third-order valence-corrected chi connectivity index (χ3v) is 6.51. The molecule has 0 amide bonds. The predicted octanol–water partition coefficient (Wildman–Crippen LogP) is 8.49. The van der Waals surface area contributed by atoms with E-state index in [4.69, 9.17) is 0 Å². The second-order valence-electron chi connectivity index (χ2n) is 9.21. The van der Waals surface area contributed by atoms with Crippen LogP contribution in [0.1, 0.15) is 116 Å². The zero-order valence-corrected chi connectivity index (χ0v) is 20.0. The molecule has 1 atom stereocenters. The van der Waals surface area contributed by atoms with Gasteiger partial charge in [0.15, 0.2) is 0 Å². The monoisotopic (exact) mass is 412 g/mol. The highest BCUT2D eigenvalue weighted by Gasteiger charge is 2.25. The molecule has 2 rings (SSSR count). The topological polar surface area (TPSA) is 6.48 Å². The van der Waals surface area contributed by atoms with Crippen molar-refractivity contribution in [3.05, 3.63) is 48.3 Å². The maximum Gasteiger partial charge on any atom is 0.101 e. The quantitative estimate of drug-likeness (QED) is 0.223. The summed E-state index contributed by atoms with van der Waals surface area (Å²) >= 11 is 0. The second kappa shape index (κ2) is 16.3. The molecule has 0 N–H and O–H groups in total. The van der Waals surface area contributed by atoms with Crippen LogP contribution in [0.5, 0.6) is 0 Å². The number of hydrogen-bond donors (Lipinski definition) is 0. The van der Waals surface area contributed by atoms with Gasteiger partial charge in [-0.3, -0.25) is 0 Å². The van der Waals surface area contributed by atoms with E-state index in [9.17, 15) is 0 Å². The molecule has 1 unspecified atom stereocenters. The molecule has 0 spiro atoms. The Hall–Kier alpha value is -1.44. The summed E-state index contributed by atoms with van der Waals surface area (Å²) in [7, 11) is 0. The van der Waals surface area contributed by atoms with Crippen molar-refractivity contribution in [3.63, 3.8) is 0 Å². The van der Waals surface area contributed by atoms with Crippen molar-refractivity contribution < 1.29 is 0 Å². The highest BCUT2D eigenvalue weighted by molar-refractivity contribution is 5.15. The fraction of sp³-hybridized carbons (Fsp3) is 0.714. The Kier molecular flexibility index (Phi) is 13.5. The van der Waals surface area contributed by atoms with E-state index in [0.29, 0.717) is 6.17 Å². The number of rotatable bonds is 18. The second-order valence-corrected chi connectivity index (χ2v) is 9.21. The van der Waals surface area contributed by atoms with E-state index in [1.165, 1.54) is 108 Å². The minimum atomic E-state index is 0.555. The van der Waals surface area contributed by atoms with Gasteiger partial charge in [-0.25, -0.2) is 0 Å². The lowest BCUT2D eigenvalue weighted by molar-refractivity contribution is 0.132. The average Bonchev–Trinajstić information content (AvgIpc) is 3.14. The van der Waals surface area contributed by atoms with E-state index in [1.807, 2.05) is 0 Å². The van der Waals surface area contributed by atoms with E-state index in [2.05, 4.69) is 66.4 Å². The molecule has 1 aliphatic rings. The Balaban J connectivity index is 1.62. The molecule has 0 saturated carbocycles. The Morgan fingerprint density at radius 2 is 1.13 bits per heavy atom. The molecule has 170 valence electrons. The summed E-state index contributed by atoms with van der Waals surface area (Å²) in [5, 5.41) is 0. The van der Waals surface area contributed by atoms with E-state index in [-0.39, 0.29) is 0 Å². The first-order valence-corrected chi connectivity index (χ1v) is 13.1. The van der Waals surface area contributed by atoms with Crippen LogP contribution < -0.4 is 0 Å². The van der Waals surface area contributed by atoms with Crippen LogP contribution in [0.4, 0.5) is 0 Å². The maximum absolute atomic E-state index is 2.62. The van der Waals surface area contributed by atoms with Crippen molar-refractivity contribution in [2.45, 2.75) is 123 Å². The molecule has 1 aliphatic heterocycles. The molecule has 1 heterocycles. The smallest absolute Gasteiger partial charge is 0.101 e. The zero-order chi connectivity index (χ0) is 21.3. The first-order chi connectivity index (χ1) is 14.8. The van der Waals surface area contributed by atoms with Gasteiger partial charge >= 0.3 is 0 Å². The van der Waals surface area contributed by atoms with Gasteiger partial charge in [0, 0.05) is 25.5 Å². The standard InChI is InChI=1S/C28H48N2/c1-3-5-7-8-9-10-11-12-13-14-19-23-29-24-25-30(28(29)22-16-6-4-2)26-27-20-17-15-18-21-27/h15,17-18,20-21,24-25,28H,3-14,16,19,22-23,26H2,1-2H3. The summed E-state index contributed by atoms with van der Waals surface area (Å²) in [6.45, 7) is 6.85. The summed E-state index contributed by atoms with van der Waals surface area (Å²) in [4.78, 5) is 5.18. The summed E-state index contributed by atoms with van der Waals surface area (Å²) in [5.41, 5.74) is 1.42. The summed E-state index contributed by atoms with van der Waals surface area (Å²) < 4.78 is 0. The highest BCUT2D eigenvalue weighted by Crippen LogP contribution is 2.24. The van der Waals surface area contributed by atoms with Gasteiger partial charge in [-0.05, 0) is 24.8 Å². The maximum atomic E-state index is 2.62. The van der Waals surface area contributed by atoms with Gasteiger partial charge in [0.25, 0.3) is 0 Å². The van der Waals surface area contributed by atoms with Crippen LogP contribution in [0.3, 0.4) is 0 Å². The Labute approximate surface area is 187 Å². The first-order valence-electron chi connectivity index (χ1n) is 13.1. The minimum Gasteiger partial charge on any atom is -0.356 e. The van der Waals surface area contributed by atoms with Gasteiger partial charge in [-0.2, -0.15) is 0 Å². The van der Waals surface area contributed by atoms with E-state index in [0.717, 1.165) is 6.54 Å². The molecule has 0 saturated heterocycles. The molecular formula is C28H48N2. The van der Waals surface area contributed by atoms with Gasteiger partial charge in [0.2, 0.25) is 0 Å². The summed E-state index contributed by atoms with van der Waals surface area (Å²) in [5.74, 6) is 0. The molecule has 0 bridgehead atoms. The van der Waals surface area contributed by atoms with Crippen molar-refractivity contribution in [2.24, 2.45) is 0 Å². The zero-order valence-electron chi connectivity index (χ0n) is 20.0. The Bertz CT molecular complexity index is 539. The number of hydrogen-bond acceptors (Lipinski definition) is 2. The SMILES string of the molecule is CCCCCCCCCCCCCN1C=CN(Cc2ccccc2)C1CCCCC.